The first-order valence-corrected chi connectivity index (χ1v) is 18.4. The number of nitrogens with zero attached hydrogens (tertiary/aromatic N) is 12. The second kappa shape index (κ2) is 17.2. The Balaban J connectivity index is 1.52. The lowest BCUT2D eigenvalue weighted by atomic mass is 9.83. The Labute approximate surface area is 357 Å². The SMILES string of the molecule is O=[N+]([O-])c1ccc(-c2ccc(-c3ccc([N+](=O)O)cc3)c(OCN3N=[C+]N=N3)c2-c2c(-c3ccc([N+](=O)[O-])cc3)cc(Cl)c(-c3ccc([N+](=O)[O-])cc3)c2OCN2N=[C+]N=N2)cc1. The van der Waals surface area contributed by atoms with Gasteiger partial charge in [0, 0.05) is 81.2 Å². The van der Waals surface area contributed by atoms with Crippen molar-refractivity contribution in [2.75, 3.05) is 13.5 Å². The summed E-state index contributed by atoms with van der Waals surface area (Å²) in [5.41, 5.74) is 2.78. The summed E-state index contributed by atoms with van der Waals surface area (Å²) in [6.45, 7) is -0.771. The molecule has 2 heterocycles. The van der Waals surface area contributed by atoms with E-state index in [1.807, 2.05) is 0 Å². The zero-order valence-electron chi connectivity index (χ0n) is 31.7. The number of non-ortho nitro benzene ring substituents is 3. The summed E-state index contributed by atoms with van der Waals surface area (Å²) in [6, 6.07) is 27.7. The molecule has 0 radical (unpaired) electrons. The van der Waals surface area contributed by atoms with Crippen molar-refractivity contribution in [3.05, 3.63) is 156 Å². The topological polar surface area (TPSA) is 269 Å². The highest BCUT2D eigenvalue weighted by Gasteiger charge is 2.31. The van der Waals surface area contributed by atoms with Crippen LogP contribution in [-0.4, -0.2) is 61.3 Å². The smallest absolute Gasteiger partial charge is 0.468 e. The molecule has 0 aliphatic carbocycles. The van der Waals surface area contributed by atoms with Crippen LogP contribution >= 0.6 is 11.6 Å². The third kappa shape index (κ3) is 8.33. The summed E-state index contributed by atoms with van der Waals surface area (Å²) in [4.78, 5) is 45.2. The Hall–Kier alpha value is -9.23. The minimum absolute atomic E-state index is 0.0250. The predicted molar refractivity (Wildman–Crippen MR) is 223 cm³/mol. The minimum atomic E-state index is -0.562. The second-order valence-electron chi connectivity index (χ2n) is 13.2. The summed E-state index contributed by atoms with van der Waals surface area (Å²) >= 11 is 7.21. The van der Waals surface area contributed by atoms with Gasteiger partial charge in [-0.15, -0.1) is 0 Å². The van der Waals surface area contributed by atoms with Crippen LogP contribution in [0.1, 0.15) is 0 Å². The molecular weight excluding hydrogens is 844 g/mol. The monoisotopic (exact) mass is 867 g/mol. The molecule has 2 aliphatic rings. The van der Waals surface area contributed by atoms with Crippen molar-refractivity contribution in [2.24, 2.45) is 30.9 Å². The first kappa shape index (κ1) is 40.5. The number of ether oxygens (including phenoxy) is 2. The third-order valence-corrected chi connectivity index (χ3v) is 9.84. The Morgan fingerprint density at radius 2 is 0.921 bits per heavy atom. The van der Waals surface area contributed by atoms with Gasteiger partial charge in [0.05, 0.1) is 24.7 Å². The van der Waals surface area contributed by atoms with Gasteiger partial charge >= 0.3 is 18.4 Å². The number of halogens is 1. The molecule has 0 aromatic heterocycles. The number of hydrogen-bond donors (Lipinski definition) is 1. The maximum Gasteiger partial charge on any atom is 0.598 e. The minimum Gasteiger partial charge on any atom is -0.468 e. The van der Waals surface area contributed by atoms with Gasteiger partial charge in [0.15, 0.2) is 10.2 Å². The van der Waals surface area contributed by atoms with Crippen LogP contribution in [0, 0.1) is 35.3 Å². The second-order valence-corrected chi connectivity index (χ2v) is 13.6. The lowest BCUT2D eigenvalue weighted by Gasteiger charge is -2.26. The van der Waals surface area contributed by atoms with Crippen molar-refractivity contribution in [2.45, 2.75) is 0 Å². The van der Waals surface area contributed by atoms with Gasteiger partial charge in [0.25, 0.3) is 22.0 Å². The van der Waals surface area contributed by atoms with Crippen molar-refractivity contribution < 1.29 is 34.4 Å². The number of nitro groups is 3. The van der Waals surface area contributed by atoms with Gasteiger partial charge in [-0.2, -0.15) is 0 Å². The molecule has 6 aromatic rings. The Morgan fingerprint density at radius 1 is 0.524 bits per heavy atom. The molecule has 2 aliphatic heterocycles. The maximum atomic E-state index is 11.8. The van der Waals surface area contributed by atoms with Crippen LogP contribution in [-0.2, 0) is 0 Å². The molecule has 1 N–H and O–H groups in total. The number of nitro benzene ring substituents is 3. The Kier molecular flexibility index (Phi) is 11.0. The van der Waals surface area contributed by atoms with E-state index in [-0.39, 0.29) is 67.6 Å². The van der Waals surface area contributed by atoms with Gasteiger partial charge in [-0.3, -0.25) is 30.3 Å². The van der Waals surface area contributed by atoms with Crippen LogP contribution in [0.25, 0.3) is 55.6 Å². The van der Waals surface area contributed by atoms with Crippen LogP contribution in [0.5, 0.6) is 11.5 Å². The zero-order chi connectivity index (χ0) is 44.2. The molecule has 0 fully saturated rings. The molecule has 0 amide bonds. The average molecular weight is 868 g/mol. The highest BCUT2D eigenvalue weighted by Crippen LogP contribution is 2.56. The first-order valence-electron chi connectivity index (χ1n) is 18.0. The highest BCUT2D eigenvalue weighted by molar-refractivity contribution is 6.34. The Morgan fingerprint density at radius 3 is 1.37 bits per heavy atom. The zero-order valence-corrected chi connectivity index (χ0v) is 32.5. The molecule has 22 nitrogen and oxygen atoms in total. The Bertz CT molecular complexity index is 2910. The van der Waals surface area contributed by atoms with E-state index >= 15 is 0 Å². The quantitative estimate of drug-likeness (QED) is 0.0574. The van der Waals surface area contributed by atoms with Gasteiger partial charge in [-0.05, 0) is 94.0 Å². The molecule has 308 valence electrons. The molecule has 63 heavy (non-hydrogen) atoms. The highest BCUT2D eigenvalue weighted by atomic mass is 35.5. The summed E-state index contributed by atoms with van der Waals surface area (Å²) in [6.07, 6.45) is 4.72. The molecule has 0 atom stereocenters. The average Bonchev–Trinajstić information content (AvgIpc) is 4.03. The van der Waals surface area contributed by atoms with Crippen LogP contribution in [0.2, 0.25) is 5.02 Å². The first-order chi connectivity index (χ1) is 30.5. The number of benzene rings is 6. The fourth-order valence-corrected chi connectivity index (χ4v) is 6.99. The van der Waals surface area contributed by atoms with Gasteiger partial charge in [0.1, 0.15) is 21.7 Å². The van der Waals surface area contributed by atoms with Crippen molar-refractivity contribution in [1.29, 1.82) is 0 Å². The van der Waals surface area contributed by atoms with Gasteiger partial charge in [0.2, 0.25) is 13.5 Å². The molecule has 0 spiro atoms. The number of hydrogen-bond acceptors (Lipinski definition) is 17. The summed E-state index contributed by atoms with van der Waals surface area (Å²) in [5, 5.41) is 70.2. The standard InChI is InChI=1S/C40H24ClN12O10/c41-35-19-34(26-5-13-30(14-6-26)52(58)59)38(40(63-23-49-45-21-43-47-49)36(35)27-7-15-31(16-8-27)53(60)61)37-32(24-1-9-28(10-2-24)50(54)55)17-18-33(25-3-11-29(12-4-25)51(56)57)39(37)62-22-48-44-20-42-46-48/h1-19H,22-23H2,(H,56,57)/q+3. The van der Waals surface area contributed by atoms with E-state index in [4.69, 9.17) is 21.1 Å². The fraction of sp³-hybridized carbons (Fsp3) is 0.0500. The van der Waals surface area contributed by atoms with E-state index < -0.39 is 21.5 Å². The van der Waals surface area contributed by atoms with Crippen molar-refractivity contribution in [1.82, 2.24) is 10.2 Å². The predicted octanol–water partition coefficient (Wildman–Crippen LogP) is 9.88. The van der Waals surface area contributed by atoms with E-state index in [0.717, 1.165) is 10.2 Å². The van der Waals surface area contributed by atoms with E-state index in [0.29, 0.717) is 38.9 Å². The summed E-state index contributed by atoms with van der Waals surface area (Å²) in [5.74, 6) is 0.132. The molecule has 23 heteroatoms. The number of rotatable bonds is 15. The number of hydrazone groups is 2. The van der Waals surface area contributed by atoms with E-state index in [2.05, 4.69) is 43.6 Å². The van der Waals surface area contributed by atoms with Crippen LogP contribution < -0.4 is 9.47 Å². The lowest BCUT2D eigenvalue weighted by molar-refractivity contribution is -0.729. The lowest BCUT2D eigenvalue weighted by Crippen LogP contribution is -2.17. The molecule has 0 saturated heterocycles. The summed E-state index contributed by atoms with van der Waals surface area (Å²) < 4.78 is 13.3. The third-order valence-electron chi connectivity index (χ3n) is 9.54. The molecular formula is C40H24ClN12O10+3. The van der Waals surface area contributed by atoms with Crippen LogP contribution in [0.15, 0.2) is 146 Å². The van der Waals surface area contributed by atoms with Gasteiger partial charge in [-0.25, -0.2) is 5.21 Å². The van der Waals surface area contributed by atoms with Crippen LogP contribution in [0.3, 0.4) is 0 Å². The van der Waals surface area contributed by atoms with Crippen molar-refractivity contribution in [3.8, 4) is 67.1 Å². The molecule has 0 bridgehead atoms. The largest absolute Gasteiger partial charge is 0.598 e. The van der Waals surface area contributed by atoms with Crippen molar-refractivity contribution in [3.63, 3.8) is 0 Å². The van der Waals surface area contributed by atoms with E-state index in [1.165, 1.54) is 84.9 Å². The molecule has 8 rings (SSSR count). The molecule has 6 aromatic carbocycles. The van der Waals surface area contributed by atoms with Crippen LogP contribution in [0.4, 0.5) is 22.7 Å². The van der Waals surface area contributed by atoms with E-state index in [1.54, 1.807) is 30.3 Å². The summed E-state index contributed by atoms with van der Waals surface area (Å²) in [7, 11) is 0. The maximum absolute atomic E-state index is 11.8. The van der Waals surface area contributed by atoms with Gasteiger partial charge in [-0.1, -0.05) is 27.9 Å². The van der Waals surface area contributed by atoms with Crippen molar-refractivity contribution >= 4 is 47.0 Å². The van der Waals surface area contributed by atoms with Gasteiger partial charge < -0.3 is 9.47 Å². The molecule has 0 unspecified atom stereocenters. The molecule has 0 saturated carbocycles. The van der Waals surface area contributed by atoms with E-state index in [9.17, 15) is 40.5 Å². The normalized spacial score (nSPS) is 12.3. The fourth-order valence-electron chi connectivity index (χ4n) is 6.69.